The molecule has 0 saturated heterocycles. The van der Waals surface area contributed by atoms with E-state index in [0.29, 0.717) is 4.47 Å². The first kappa shape index (κ1) is 16.6. The van der Waals surface area contributed by atoms with E-state index < -0.39 is 23.4 Å². The number of halogens is 1. The van der Waals surface area contributed by atoms with E-state index in [0.717, 1.165) is 8.70 Å². The van der Waals surface area contributed by atoms with Gasteiger partial charge in [0.05, 0.1) is 0 Å². The molecule has 2 aromatic rings. The Morgan fingerprint density at radius 3 is 2.18 bits per heavy atom. The molecule has 2 rings (SSSR count). The molecule has 0 aliphatic carbocycles. The third kappa shape index (κ3) is 3.20. The van der Waals surface area contributed by atoms with E-state index in [-0.39, 0.29) is 11.4 Å². The molecule has 0 atom stereocenters. The monoisotopic (exact) mass is 427 g/mol. The van der Waals surface area contributed by atoms with Gasteiger partial charge >= 0.3 is 138 Å². The van der Waals surface area contributed by atoms with Gasteiger partial charge in [-0.2, -0.15) is 0 Å². The molecule has 0 spiro atoms. The van der Waals surface area contributed by atoms with Crippen molar-refractivity contribution in [2.75, 3.05) is 0 Å². The van der Waals surface area contributed by atoms with E-state index in [1.54, 1.807) is 24.3 Å². The van der Waals surface area contributed by atoms with Crippen LogP contribution in [0.25, 0.3) is 0 Å². The zero-order valence-corrected chi connectivity index (χ0v) is 15.4. The number of rotatable bonds is 4. The number of nitrogens with zero attached hydrogens (tertiary/aromatic N) is 2. The Morgan fingerprint density at radius 1 is 0.955 bits per heavy atom. The summed E-state index contributed by atoms with van der Waals surface area (Å²) in [6.07, 6.45) is 0. The maximum absolute atomic E-state index is 11.1. The van der Waals surface area contributed by atoms with Crippen LogP contribution >= 0.6 is 15.9 Å². The maximum atomic E-state index is 11.1. The zero-order chi connectivity index (χ0) is 16.5. The van der Waals surface area contributed by atoms with Crippen LogP contribution in [0.2, 0.25) is 11.4 Å². The molecule has 0 radical (unpaired) electrons. The Bertz CT molecular complexity index is 764. The summed E-state index contributed by atoms with van der Waals surface area (Å²) in [6, 6.07) is 11.6. The van der Waals surface area contributed by atoms with Crippen LogP contribution in [0, 0.1) is 20.2 Å². The number of hydrogen-bond donors (Lipinski definition) is 0. The second-order valence-electron chi connectivity index (χ2n) is 5.12. The molecule has 0 heterocycles. The molecular formula is C14H13AsBrN2O4+. The van der Waals surface area contributed by atoms with Gasteiger partial charge in [-0.15, -0.1) is 0 Å². The molecular weight excluding hydrogens is 415 g/mol. The van der Waals surface area contributed by atoms with Gasteiger partial charge < -0.3 is 0 Å². The van der Waals surface area contributed by atoms with Gasteiger partial charge in [0.15, 0.2) is 0 Å². The van der Waals surface area contributed by atoms with Crippen molar-refractivity contribution in [1.82, 2.24) is 0 Å². The molecule has 114 valence electrons. The molecule has 0 unspecified atom stereocenters. The Morgan fingerprint density at radius 2 is 1.59 bits per heavy atom. The summed E-state index contributed by atoms with van der Waals surface area (Å²) in [6.45, 7) is 0. The Hall–Kier alpha value is -1.72. The molecule has 0 bridgehead atoms. The summed E-state index contributed by atoms with van der Waals surface area (Å²) in [5.41, 5.74) is 4.14. The second-order valence-corrected chi connectivity index (χ2v) is 14.2. The number of nitro groups is 2. The normalized spacial score (nSPS) is 11.2. The van der Waals surface area contributed by atoms with Crippen LogP contribution in [0.3, 0.4) is 0 Å². The number of non-ortho nitro benzene ring substituents is 1. The van der Waals surface area contributed by atoms with Crippen LogP contribution in [0.15, 0.2) is 46.9 Å². The quantitative estimate of drug-likeness (QED) is 0.426. The first-order valence-corrected chi connectivity index (χ1v) is 12.7. The summed E-state index contributed by atoms with van der Waals surface area (Å²) >= 11 is 0.515. The minimum absolute atomic E-state index is 0.0115. The fraction of sp³-hybridized carbons (Fsp3) is 0.143. The SMILES string of the molecule is C[As+](C)(c1cccc([N+](=O)[O-])c1)c1ccc(Br)c([N+](=O)[O-])c1. The van der Waals surface area contributed by atoms with Gasteiger partial charge in [-0.3, -0.25) is 0 Å². The van der Waals surface area contributed by atoms with Gasteiger partial charge in [-0.25, -0.2) is 0 Å². The van der Waals surface area contributed by atoms with Crippen molar-refractivity contribution in [2.24, 2.45) is 0 Å². The molecule has 0 aliphatic rings. The molecule has 0 amide bonds. The van der Waals surface area contributed by atoms with Crippen LogP contribution < -0.4 is 8.70 Å². The zero-order valence-electron chi connectivity index (χ0n) is 11.9. The van der Waals surface area contributed by atoms with Crippen molar-refractivity contribution in [2.45, 2.75) is 11.4 Å². The number of hydrogen-bond acceptors (Lipinski definition) is 4. The van der Waals surface area contributed by atoms with Crippen LogP contribution in [0.1, 0.15) is 0 Å². The van der Waals surface area contributed by atoms with Crippen molar-refractivity contribution in [3.05, 3.63) is 67.2 Å². The van der Waals surface area contributed by atoms with Crippen molar-refractivity contribution in [3.8, 4) is 0 Å². The molecule has 0 N–H and O–H groups in total. The van der Waals surface area contributed by atoms with Crippen LogP contribution in [0.5, 0.6) is 0 Å². The first-order valence-electron chi connectivity index (χ1n) is 6.27. The van der Waals surface area contributed by atoms with Gasteiger partial charge in [0.2, 0.25) is 0 Å². The van der Waals surface area contributed by atoms with E-state index in [1.807, 2.05) is 23.6 Å². The second kappa shape index (κ2) is 6.18. The third-order valence-electron chi connectivity index (χ3n) is 3.46. The van der Waals surface area contributed by atoms with E-state index in [9.17, 15) is 20.2 Å². The molecule has 22 heavy (non-hydrogen) atoms. The average molecular weight is 428 g/mol. The van der Waals surface area contributed by atoms with E-state index >= 15 is 0 Å². The minimum atomic E-state index is -2.66. The van der Waals surface area contributed by atoms with Crippen molar-refractivity contribution < 1.29 is 9.85 Å². The average Bonchev–Trinajstić information content (AvgIpc) is 2.47. The Labute approximate surface area is 138 Å². The fourth-order valence-corrected chi connectivity index (χ4v) is 6.90. The predicted octanol–water partition coefficient (Wildman–Crippen LogP) is 3.09. The third-order valence-corrected chi connectivity index (χ3v) is 10.7. The number of benzene rings is 2. The summed E-state index contributed by atoms with van der Waals surface area (Å²) in [5.74, 6) is 0. The van der Waals surface area contributed by atoms with E-state index in [4.69, 9.17) is 0 Å². The molecule has 2 aromatic carbocycles. The van der Waals surface area contributed by atoms with Crippen LogP contribution in [-0.4, -0.2) is 23.4 Å². The van der Waals surface area contributed by atoms with Crippen LogP contribution in [0.4, 0.5) is 11.4 Å². The van der Waals surface area contributed by atoms with Gasteiger partial charge in [0, 0.05) is 0 Å². The van der Waals surface area contributed by atoms with Gasteiger partial charge in [0.25, 0.3) is 0 Å². The van der Waals surface area contributed by atoms with E-state index in [1.165, 1.54) is 6.07 Å². The van der Waals surface area contributed by atoms with E-state index in [2.05, 4.69) is 15.9 Å². The molecule has 0 fully saturated rings. The van der Waals surface area contributed by atoms with Gasteiger partial charge in [0.1, 0.15) is 0 Å². The van der Waals surface area contributed by atoms with Crippen molar-refractivity contribution in [1.29, 1.82) is 0 Å². The molecule has 6 nitrogen and oxygen atoms in total. The van der Waals surface area contributed by atoms with Gasteiger partial charge in [-0.05, 0) is 0 Å². The fourth-order valence-electron chi connectivity index (χ4n) is 2.09. The predicted molar refractivity (Wildman–Crippen MR) is 90.6 cm³/mol. The molecule has 0 aromatic heterocycles. The van der Waals surface area contributed by atoms with Crippen molar-refractivity contribution in [3.63, 3.8) is 0 Å². The summed E-state index contributed by atoms with van der Waals surface area (Å²) < 4.78 is 2.20. The molecule has 0 aliphatic heterocycles. The summed E-state index contributed by atoms with van der Waals surface area (Å²) in [5, 5.41) is 22.0. The topological polar surface area (TPSA) is 86.3 Å². The van der Waals surface area contributed by atoms with Crippen LogP contribution in [-0.2, 0) is 0 Å². The Kier molecular flexibility index (Phi) is 4.68. The molecule has 0 saturated carbocycles. The summed E-state index contributed by atoms with van der Waals surface area (Å²) in [4.78, 5) is 21.2. The first-order chi connectivity index (χ1) is 10.2. The van der Waals surface area contributed by atoms with Gasteiger partial charge in [-0.1, -0.05) is 0 Å². The standard InChI is InChI=1S/C14H13AsBrN2O4/c1-15(2,10-4-3-5-12(8-10)17(19)20)11-6-7-13(16)14(9-11)18(21)22/h3-9H,1-2H3/q+1. The molecule has 8 heteroatoms. The Balaban J connectivity index is 2.55. The van der Waals surface area contributed by atoms with Crippen molar-refractivity contribution >= 4 is 49.6 Å². The summed E-state index contributed by atoms with van der Waals surface area (Å²) in [7, 11) is 0. The number of nitro benzene ring substituents is 2.